The van der Waals surface area contributed by atoms with E-state index in [9.17, 15) is 13.2 Å². The second kappa shape index (κ2) is 5.49. The van der Waals surface area contributed by atoms with Crippen LogP contribution in [0.3, 0.4) is 0 Å². The smallest absolute Gasteiger partial charge is 0.406 e. The molecule has 0 radical (unpaired) electrons. The molecule has 0 amide bonds. The minimum Gasteiger partial charge on any atom is -0.406 e. The highest BCUT2D eigenvalue weighted by molar-refractivity contribution is 14.1. The third-order valence-corrected chi connectivity index (χ3v) is 3.44. The summed E-state index contributed by atoms with van der Waals surface area (Å²) in [5, 5.41) is 0.293. The Morgan fingerprint density at radius 3 is 2.32 bits per heavy atom. The molecule has 0 saturated heterocycles. The van der Waals surface area contributed by atoms with Crippen molar-refractivity contribution in [1.29, 1.82) is 0 Å². The van der Waals surface area contributed by atoms with Crippen LogP contribution in [0, 0.1) is 3.57 Å². The fourth-order valence-electron chi connectivity index (χ4n) is 1.29. The lowest BCUT2D eigenvalue weighted by molar-refractivity contribution is -0.274. The summed E-state index contributed by atoms with van der Waals surface area (Å²) in [6.45, 7) is 0. The summed E-state index contributed by atoms with van der Waals surface area (Å²) >= 11 is 7.83. The Labute approximate surface area is 124 Å². The predicted molar refractivity (Wildman–Crippen MR) is 71.9 cm³/mol. The quantitative estimate of drug-likeness (QED) is 0.557. The zero-order valence-corrected chi connectivity index (χ0v) is 12.0. The van der Waals surface area contributed by atoms with Crippen molar-refractivity contribution < 1.29 is 17.9 Å². The average Bonchev–Trinajstić information content (AvgIpc) is 2.32. The highest BCUT2D eigenvalue weighted by Crippen LogP contribution is 2.26. The van der Waals surface area contributed by atoms with Gasteiger partial charge in [-0.1, -0.05) is 11.6 Å². The number of rotatable bonds is 2. The van der Waals surface area contributed by atoms with Crippen LogP contribution in [-0.4, -0.2) is 16.3 Å². The third-order valence-electron chi connectivity index (χ3n) is 2.05. The number of halogens is 5. The van der Waals surface area contributed by atoms with Gasteiger partial charge in [0.15, 0.2) is 5.82 Å². The molecule has 2 aromatic rings. The first-order chi connectivity index (χ1) is 8.85. The first-order valence-electron chi connectivity index (χ1n) is 4.89. The van der Waals surface area contributed by atoms with Crippen molar-refractivity contribution in [3.8, 4) is 17.1 Å². The Bertz CT molecular complexity index is 589. The summed E-state index contributed by atoms with van der Waals surface area (Å²) < 4.78 is 40.5. The molecule has 0 bridgehead atoms. The molecule has 1 aromatic carbocycles. The van der Waals surface area contributed by atoms with E-state index in [0.717, 1.165) is 0 Å². The molecule has 2 rings (SSSR count). The first kappa shape index (κ1) is 14.3. The number of benzene rings is 1. The van der Waals surface area contributed by atoms with Crippen LogP contribution in [0.2, 0.25) is 5.15 Å². The molecule has 0 N–H and O–H groups in total. The highest BCUT2D eigenvalue weighted by Gasteiger charge is 2.30. The molecule has 0 aliphatic rings. The van der Waals surface area contributed by atoms with Crippen LogP contribution in [0.4, 0.5) is 13.2 Å². The summed E-state index contributed by atoms with van der Waals surface area (Å²) in [7, 11) is 0. The lowest BCUT2D eigenvalue weighted by Gasteiger charge is -2.09. The normalized spacial score (nSPS) is 11.4. The van der Waals surface area contributed by atoms with Crippen molar-refractivity contribution in [2.45, 2.75) is 6.36 Å². The topological polar surface area (TPSA) is 35.0 Å². The summed E-state index contributed by atoms with van der Waals surface area (Å²) in [5.41, 5.74) is 0.549. The minimum absolute atomic E-state index is 0.293. The summed E-state index contributed by atoms with van der Waals surface area (Å²) in [4.78, 5) is 8.08. The monoisotopic (exact) mass is 400 g/mol. The Kier molecular flexibility index (Phi) is 4.14. The van der Waals surface area contributed by atoms with Crippen LogP contribution in [-0.2, 0) is 0 Å². The molecular formula is C11H5ClF3IN2O. The molecule has 0 aliphatic heterocycles. The van der Waals surface area contributed by atoms with Gasteiger partial charge in [-0.15, -0.1) is 13.2 Å². The maximum atomic E-state index is 12.0. The van der Waals surface area contributed by atoms with Gasteiger partial charge in [-0.05, 0) is 46.9 Å². The number of alkyl halides is 3. The molecule has 19 heavy (non-hydrogen) atoms. The molecule has 8 heteroatoms. The van der Waals surface area contributed by atoms with Gasteiger partial charge in [-0.3, -0.25) is 0 Å². The van der Waals surface area contributed by atoms with Crippen molar-refractivity contribution in [3.63, 3.8) is 0 Å². The van der Waals surface area contributed by atoms with Gasteiger partial charge in [0, 0.05) is 11.8 Å². The molecule has 0 saturated carbocycles. The van der Waals surface area contributed by atoms with Gasteiger partial charge in [0.25, 0.3) is 0 Å². The molecule has 0 spiro atoms. The van der Waals surface area contributed by atoms with Crippen LogP contribution in [0.5, 0.6) is 5.75 Å². The van der Waals surface area contributed by atoms with E-state index in [2.05, 4.69) is 14.7 Å². The lowest BCUT2D eigenvalue weighted by atomic mass is 10.2. The van der Waals surface area contributed by atoms with Crippen LogP contribution in [0.25, 0.3) is 11.4 Å². The molecule has 0 fully saturated rings. The molecule has 0 atom stereocenters. The van der Waals surface area contributed by atoms with Gasteiger partial charge in [-0.25, -0.2) is 9.97 Å². The zero-order chi connectivity index (χ0) is 14.0. The molecular weight excluding hydrogens is 395 g/mol. The third kappa shape index (κ3) is 3.93. The van der Waals surface area contributed by atoms with Crippen LogP contribution < -0.4 is 4.74 Å². The minimum atomic E-state index is -4.70. The van der Waals surface area contributed by atoms with E-state index in [1.54, 1.807) is 0 Å². The van der Waals surface area contributed by atoms with Crippen LogP contribution >= 0.6 is 34.2 Å². The first-order valence-corrected chi connectivity index (χ1v) is 6.35. The second-order valence-corrected chi connectivity index (χ2v) is 4.92. The van der Waals surface area contributed by atoms with Gasteiger partial charge in [0.05, 0.1) is 3.57 Å². The van der Waals surface area contributed by atoms with Crippen LogP contribution in [0.15, 0.2) is 30.5 Å². The number of hydrogen-bond acceptors (Lipinski definition) is 3. The Balaban J connectivity index is 2.25. The summed E-state index contributed by atoms with van der Waals surface area (Å²) in [6, 6.07) is 5.25. The maximum Gasteiger partial charge on any atom is 0.573 e. The van der Waals surface area contributed by atoms with E-state index >= 15 is 0 Å². The number of nitrogens with zero attached hydrogens (tertiary/aromatic N) is 2. The largest absolute Gasteiger partial charge is 0.573 e. The van der Waals surface area contributed by atoms with Gasteiger partial charge < -0.3 is 4.74 Å². The van der Waals surface area contributed by atoms with Crippen molar-refractivity contribution in [3.05, 3.63) is 39.2 Å². The Morgan fingerprint density at radius 2 is 1.79 bits per heavy atom. The molecule has 0 unspecified atom stereocenters. The molecule has 0 aliphatic carbocycles. The highest BCUT2D eigenvalue weighted by atomic mass is 127. The van der Waals surface area contributed by atoms with Crippen molar-refractivity contribution >= 4 is 34.2 Å². The van der Waals surface area contributed by atoms with E-state index < -0.39 is 6.36 Å². The van der Waals surface area contributed by atoms with E-state index in [-0.39, 0.29) is 5.75 Å². The van der Waals surface area contributed by atoms with Gasteiger partial charge in [0.1, 0.15) is 10.9 Å². The Hall–Kier alpha value is -1.09. The van der Waals surface area contributed by atoms with E-state index in [0.29, 0.717) is 20.1 Å². The number of aromatic nitrogens is 2. The summed E-state index contributed by atoms with van der Waals surface area (Å²) in [6.07, 6.45) is -3.17. The standard InChI is InChI=1S/C11H5ClF3IN2O/c12-9-8(16)5-17-10(18-9)6-1-3-7(4-2-6)19-11(13,14)15/h1-5H. The number of hydrogen-bond donors (Lipinski definition) is 0. The van der Waals surface area contributed by atoms with Gasteiger partial charge in [-0.2, -0.15) is 0 Å². The molecule has 100 valence electrons. The second-order valence-electron chi connectivity index (χ2n) is 3.40. The fraction of sp³-hybridized carbons (Fsp3) is 0.0909. The van der Waals surface area contributed by atoms with Crippen molar-refractivity contribution in [1.82, 2.24) is 9.97 Å². The van der Waals surface area contributed by atoms with E-state index in [1.807, 2.05) is 22.6 Å². The lowest BCUT2D eigenvalue weighted by Crippen LogP contribution is -2.16. The number of ether oxygens (including phenoxy) is 1. The van der Waals surface area contributed by atoms with E-state index in [4.69, 9.17) is 11.6 Å². The maximum absolute atomic E-state index is 12.0. The molecule has 1 aromatic heterocycles. The molecule has 1 heterocycles. The predicted octanol–water partition coefficient (Wildman–Crippen LogP) is 4.30. The zero-order valence-electron chi connectivity index (χ0n) is 9.08. The average molecular weight is 401 g/mol. The van der Waals surface area contributed by atoms with Gasteiger partial charge >= 0.3 is 6.36 Å². The van der Waals surface area contributed by atoms with Gasteiger partial charge in [0.2, 0.25) is 0 Å². The van der Waals surface area contributed by atoms with E-state index in [1.165, 1.54) is 30.5 Å². The van der Waals surface area contributed by atoms with Crippen molar-refractivity contribution in [2.24, 2.45) is 0 Å². The Morgan fingerprint density at radius 1 is 1.16 bits per heavy atom. The van der Waals surface area contributed by atoms with Crippen LogP contribution in [0.1, 0.15) is 0 Å². The van der Waals surface area contributed by atoms with Crippen molar-refractivity contribution in [2.75, 3.05) is 0 Å². The SMILES string of the molecule is FC(F)(F)Oc1ccc(-c2ncc(I)c(Cl)n2)cc1. The molecule has 3 nitrogen and oxygen atoms in total. The fourth-order valence-corrected chi connectivity index (χ4v) is 1.68. The summed E-state index contributed by atoms with van der Waals surface area (Å²) in [5.74, 6) is 0.0387.